The van der Waals surface area contributed by atoms with Gasteiger partial charge in [-0.25, -0.2) is 0 Å². The van der Waals surface area contributed by atoms with Crippen molar-refractivity contribution >= 4 is 0 Å². The molecule has 0 aliphatic heterocycles. The van der Waals surface area contributed by atoms with Crippen LogP contribution in [0.2, 0.25) is 0 Å². The third-order valence-electron chi connectivity index (χ3n) is 3.08. The van der Waals surface area contributed by atoms with E-state index in [2.05, 4.69) is 46.9 Å². The zero-order valence-corrected chi connectivity index (χ0v) is 12.5. The molecule has 0 saturated carbocycles. The van der Waals surface area contributed by atoms with Gasteiger partial charge in [0.1, 0.15) is 0 Å². The minimum Gasteiger partial charge on any atom is -0.387 e. The lowest BCUT2D eigenvalue weighted by Gasteiger charge is -2.34. The van der Waals surface area contributed by atoms with E-state index in [-0.39, 0.29) is 11.6 Å². The molecule has 0 radical (unpaired) electrons. The van der Waals surface area contributed by atoms with Gasteiger partial charge in [-0.1, -0.05) is 43.7 Å². The Labute approximate surface area is 111 Å². The van der Waals surface area contributed by atoms with Crippen molar-refractivity contribution in [3.05, 3.63) is 35.4 Å². The van der Waals surface area contributed by atoms with E-state index >= 15 is 0 Å². The molecule has 2 unspecified atom stereocenters. The number of aliphatic hydroxyl groups is 1. The standard InChI is InChI=1S/C16H27NO/c1-11(2)14(17-16(4,5)6)15(18)13-9-7-12(3)8-10-13/h7-11,14-15,17-18H,1-6H3. The van der Waals surface area contributed by atoms with Crippen molar-refractivity contribution in [1.29, 1.82) is 0 Å². The van der Waals surface area contributed by atoms with Crippen molar-refractivity contribution in [2.75, 3.05) is 0 Å². The predicted molar refractivity (Wildman–Crippen MR) is 77.7 cm³/mol. The molecule has 2 nitrogen and oxygen atoms in total. The second-order valence-corrected chi connectivity index (χ2v) is 6.52. The quantitative estimate of drug-likeness (QED) is 0.856. The van der Waals surface area contributed by atoms with E-state index in [9.17, 15) is 5.11 Å². The second kappa shape index (κ2) is 5.85. The molecule has 0 amide bonds. The predicted octanol–water partition coefficient (Wildman–Crippen LogP) is 3.44. The van der Waals surface area contributed by atoms with Crippen LogP contribution in [0.15, 0.2) is 24.3 Å². The van der Waals surface area contributed by atoms with E-state index in [4.69, 9.17) is 0 Å². The van der Waals surface area contributed by atoms with Crippen molar-refractivity contribution in [1.82, 2.24) is 5.32 Å². The highest BCUT2D eigenvalue weighted by Gasteiger charge is 2.27. The van der Waals surface area contributed by atoms with Gasteiger partial charge in [-0.15, -0.1) is 0 Å². The number of hydrogen-bond acceptors (Lipinski definition) is 2. The van der Waals surface area contributed by atoms with E-state index in [0.29, 0.717) is 5.92 Å². The van der Waals surface area contributed by atoms with Gasteiger partial charge in [-0.2, -0.15) is 0 Å². The van der Waals surface area contributed by atoms with Gasteiger partial charge in [0, 0.05) is 11.6 Å². The van der Waals surface area contributed by atoms with Crippen LogP contribution in [0, 0.1) is 12.8 Å². The maximum Gasteiger partial charge on any atom is 0.0945 e. The highest BCUT2D eigenvalue weighted by molar-refractivity contribution is 5.24. The molecule has 1 rings (SSSR count). The maximum atomic E-state index is 10.5. The largest absolute Gasteiger partial charge is 0.387 e. The fourth-order valence-corrected chi connectivity index (χ4v) is 2.08. The summed E-state index contributed by atoms with van der Waals surface area (Å²) in [7, 11) is 0. The summed E-state index contributed by atoms with van der Waals surface area (Å²) in [5.74, 6) is 0.375. The monoisotopic (exact) mass is 249 g/mol. The molecule has 0 fully saturated rings. The Morgan fingerprint density at radius 3 is 1.94 bits per heavy atom. The van der Waals surface area contributed by atoms with Gasteiger partial charge in [0.05, 0.1) is 6.10 Å². The van der Waals surface area contributed by atoms with E-state index < -0.39 is 6.10 Å². The minimum absolute atomic E-state index is 0.000609. The third-order valence-corrected chi connectivity index (χ3v) is 3.08. The zero-order chi connectivity index (χ0) is 13.9. The zero-order valence-electron chi connectivity index (χ0n) is 12.5. The van der Waals surface area contributed by atoms with Crippen LogP contribution in [0.5, 0.6) is 0 Å². The Bertz CT molecular complexity index is 362. The summed E-state index contributed by atoms with van der Waals surface area (Å²) in [4.78, 5) is 0. The molecule has 2 atom stereocenters. The highest BCUT2D eigenvalue weighted by Crippen LogP contribution is 2.24. The first kappa shape index (κ1) is 15.2. The molecule has 2 N–H and O–H groups in total. The molecule has 2 heteroatoms. The highest BCUT2D eigenvalue weighted by atomic mass is 16.3. The van der Waals surface area contributed by atoms with Crippen molar-refractivity contribution < 1.29 is 5.11 Å². The Balaban J connectivity index is 2.89. The minimum atomic E-state index is -0.468. The number of rotatable bonds is 4. The fourth-order valence-electron chi connectivity index (χ4n) is 2.08. The van der Waals surface area contributed by atoms with Gasteiger partial charge in [-0.05, 0) is 39.2 Å². The molecular weight excluding hydrogens is 222 g/mol. The summed E-state index contributed by atoms with van der Waals surface area (Å²) in [6, 6.07) is 8.19. The molecular formula is C16H27NO. The summed E-state index contributed by atoms with van der Waals surface area (Å²) >= 11 is 0. The summed E-state index contributed by atoms with van der Waals surface area (Å²) in [5, 5.41) is 14.1. The van der Waals surface area contributed by atoms with Crippen molar-refractivity contribution in [2.45, 2.75) is 59.2 Å². The van der Waals surface area contributed by atoms with Gasteiger partial charge in [-0.3, -0.25) is 0 Å². The Morgan fingerprint density at radius 1 is 1.06 bits per heavy atom. The number of hydrogen-bond donors (Lipinski definition) is 2. The van der Waals surface area contributed by atoms with Crippen LogP contribution in [0.1, 0.15) is 51.8 Å². The lowest BCUT2D eigenvalue weighted by molar-refractivity contribution is 0.0894. The molecule has 1 aromatic rings. The molecule has 0 spiro atoms. The normalized spacial score (nSPS) is 15.8. The molecule has 0 heterocycles. The van der Waals surface area contributed by atoms with E-state index in [1.54, 1.807) is 0 Å². The molecule has 0 bridgehead atoms. The van der Waals surface area contributed by atoms with Crippen molar-refractivity contribution in [3.8, 4) is 0 Å². The van der Waals surface area contributed by atoms with Crippen molar-refractivity contribution in [3.63, 3.8) is 0 Å². The van der Waals surface area contributed by atoms with Crippen molar-refractivity contribution in [2.24, 2.45) is 5.92 Å². The van der Waals surface area contributed by atoms with Crippen LogP contribution in [0.4, 0.5) is 0 Å². The topological polar surface area (TPSA) is 32.3 Å². The smallest absolute Gasteiger partial charge is 0.0945 e. The van der Waals surface area contributed by atoms with Crippen LogP contribution in [0.3, 0.4) is 0 Å². The molecule has 18 heavy (non-hydrogen) atoms. The lowest BCUT2D eigenvalue weighted by atomic mass is 9.90. The Hall–Kier alpha value is -0.860. The van der Waals surface area contributed by atoms with Gasteiger partial charge < -0.3 is 10.4 Å². The average Bonchev–Trinajstić information content (AvgIpc) is 2.24. The SMILES string of the molecule is Cc1ccc(C(O)C(NC(C)(C)C)C(C)C)cc1. The van der Waals surface area contributed by atoms with E-state index in [0.717, 1.165) is 5.56 Å². The van der Waals surface area contributed by atoms with Crippen LogP contribution >= 0.6 is 0 Å². The molecule has 0 aliphatic rings. The van der Waals surface area contributed by atoms with E-state index in [1.807, 2.05) is 24.3 Å². The third kappa shape index (κ3) is 4.43. The van der Waals surface area contributed by atoms with Gasteiger partial charge in [0.15, 0.2) is 0 Å². The Morgan fingerprint density at radius 2 is 1.56 bits per heavy atom. The first-order valence-corrected chi connectivity index (χ1v) is 6.73. The Kier molecular flexibility index (Phi) is 4.94. The molecule has 0 aliphatic carbocycles. The molecule has 0 saturated heterocycles. The summed E-state index contributed by atoms with van der Waals surface area (Å²) < 4.78 is 0. The van der Waals surface area contributed by atoms with Crippen LogP contribution in [0.25, 0.3) is 0 Å². The number of benzene rings is 1. The average molecular weight is 249 g/mol. The van der Waals surface area contributed by atoms with Gasteiger partial charge in [0.25, 0.3) is 0 Å². The summed E-state index contributed by atoms with van der Waals surface area (Å²) in [6.45, 7) is 12.7. The summed E-state index contributed by atoms with van der Waals surface area (Å²) in [5.41, 5.74) is 2.20. The van der Waals surface area contributed by atoms with Crippen LogP contribution in [-0.4, -0.2) is 16.7 Å². The number of nitrogens with one attached hydrogen (secondary N) is 1. The first-order chi connectivity index (χ1) is 8.20. The fraction of sp³-hybridized carbons (Fsp3) is 0.625. The second-order valence-electron chi connectivity index (χ2n) is 6.52. The van der Waals surface area contributed by atoms with Gasteiger partial charge >= 0.3 is 0 Å². The van der Waals surface area contributed by atoms with E-state index in [1.165, 1.54) is 5.56 Å². The maximum absolute atomic E-state index is 10.5. The number of aliphatic hydroxyl groups excluding tert-OH is 1. The summed E-state index contributed by atoms with van der Waals surface area (Å²) in [6.07, 6.45) is -0.468. The molecule has 102 valence electrons. The van der Waals surface area contributed by atoms with Crippen LogP contribution < -0.4 is 5.32 Å². The molecule has 0 aromatic heterocycles. The number of aryl methyl sites for hydroxylation is 1. The lowest BCUT2D eigenvalue weighted by Crippen LogP contribution is -2.49. The van der Waals surface area contributed by atoms with Crippen LogP contribution in [-0.2, 0) is 0 Å². The molecule has 1 aromatic carbocycles. The first-order valence-electron chi connectivity index (χ1n) is 6.73. The van der Waals surface area contributed by atoms with Gasteiger partial charge in [0.2, 0.25) is 0 Å².